The molecule has 6 nitrogen and oxygen atoms in total. The number of halogens is 1. The minimum atomic E-state index is 0. The maximum absolute atomic E-state index is 5.84. The van der Waals surface area contributed by atoms with Gasteiger partial charge in [-0.15, -0.1) is 24.0 Å². The van der Waals surface area contributed by atoms with Crippen LogP contribution in [0.1, 0.15) is 18.7 Å². The zero-order chi connectivity index (χ0) is 14.3. The predicted molar refractivity (Wildman–Crippen MR) is 91.5 cm³/mol. The van der Waals surface area contributed by atoms with Crippen LogP contribution in [0.15, 0.2) is 27.8 Å². The Morgan fingerprint density at radius 2 is 2.25 bits per heavy atom. The molecule has 0 bridgehead atoms. The van der Waals surface area contributed by atoms with Crippen molar-refractivity contribution >= 4 is 29.9 Å². The Labute approximate surface area is 137 Å². The summed E-state index contributed by atoms with van der Waals surface area (Å²) in [5, 5.41) is 3.07. The molecule has 2 unspecified atom stereocenters. The zero-order valence-electron chi connectivity index (χ0n) is 12.5. The number of nitrogens with zero attached hydrogens (tertiary/aromatic N) is 2. The van der Waals surface area contributed by atoms with E-state index in [0.29, 0.717) is 19.1 Å². The molecule has 0 aliphatic heterocycles. The van der Waals surface area contributed by atoms with Crippen molar-refractivity contribution in [2.75, 3.05) is 34.4 Å². The van der Waals surface area contributed by atoms with Crippen molar-refractivity contribution in [1.29, 1.82) is 0 Å². The molecule has 0 saturated heterocycles. The van der Waals surface area contributed by atoms with E-state index in [1.54, 1.807) is 13.4 Å². The maximum atomic E-state index is 5.84. The van der Waals surface area contributed by atoms with Gasteiger partial charge in [-0.05, 0) is 33.2 Å². The fourth-order valence-corrected chi connectivity index (χ4v) is 1.76. The number of nitrogens with two attached hydrogens (primary N) is 1. The summed E-state index contributed by atoms with van der Waals surface area (Å²) in [5.74, 6) is 1.30. The molecule has 3 N–H and O–H groups in total. The summed E-state index contributed by atoms with van der Waals surface area (Å²) in [5.41, 5.74) is 5.84. The van der Waals surface area contributed by atoms with Crippen LogP contribution in [0.4, 0.5) is 0 Å². The van der Waals surface area contributed by atoms with Crippen LogP contribution in [0.2, 0.25) is 0 Å². The van der Waals surface area contributed by atoms with Gasteiger partial charge in [-0.25, -0.2) is 0 Å². The Kier molecular flexibility index (Phi) is 9.60. The molecule has 0 aliphatic rings. The lowest BCUT2D eigenvalue weighted by atomic mass is 10.2. The molecule has 20 heavy (non-hydrogen) atoms. The quantitative estimate of drug-likeness (QED) is 0.415. The van der Waals surface area contributed by atoms with Crippen molar-refractivity contribution < 1.29 is 9.15 Å². The van der Waals surface area contributed by atoms with Crippen LogP contribution in [0.25, 0.3) is 0 Å². The van der Waals surface area contributed by atoms with Crippen LogP contribution in [0, 0.1) is 0 Å². The first kappa shape index (κ1) is 19.2. The van der Waals surface area contributed by atoms with Crippen LogP contribution >= 0.6 is 24.0 Å². The molecule has 1 aromatic rings. The number of nitrogens with one attached hydrogen (secondary N) is 1. The lowest BCUT2D eigenvalue weighted by Gasteiger charge is -2.21. The van der Waals surface area contributed by atoms with Crippen LogP contribution in [-0.2, 0) is 4.74 Å². The van der Waals surface area contributed by atoms with Gasteiger partial charge in [0, 0.05) is 13.2 Å². The van der Waals surface area contributed by atoms with E-state index >= 15 is 0 Å². The number of likely N-dealkylation sites (N-methyl/N-ethyl adjacent to an activating group) is 1. The largest absolute Gasteiger partial charge is 0.468 e. The molecule has 0 fully saturated rings. The Balaban J connectivity index is 0.00000361. The normalized spacial score (nSPS) is 14.8. The second-order valence-electron chi connectivity index (χ2n) is 4.72. The fraction of sp³-hybridized carbons (Fsp3) is 0.615. The van der Waals surface area contributed by atoms with E-state index < -0.39 is 0 Å². The average molecular weight is 396 g/mol. The molecular weight excluding hydrogens is 371 g/mol. The third-order valence-corrected chi connectivity index (χ3v) is 2.74. The number of rotatable bonds is 7. The number of furan rings is 1. The molecule has 0 saturated carbocycles. The smallest absolute Gasteiger partial charge is 0.188 e. The van der Waals surface area contributed by atoms with Crippen molar-refractivity contribution in [2.24, 2.45) is 10.7 Å². The summed E-state index contributed by atoms with van der Waals surface area (Å²) < 4.78 is 10.4. The van der Waals surface area contributed by atoms with Crippen LogP contribution in [-0.4, -0.2) is 51.3 Å². The minimum absolute atomic E-state index is 0. The van der Waals surface area contributed by atoms with E-state index in [4.69, 9.17) is 14.9 Å². The summed E-state index contributed by atoms with van der Waals surface area (Å²) in [4.78, 5) is 6.40. The van der Waals surface area contributed by atoms with E-state index in [9.17, 15) is 0 Å². The third kappa shape index (κ3) is 6.58. The molecule has 7 heteroatoms. The third-order valence-electron chi connectivity index (χ3n) is 2.74. The van der Waals surface area contributed by atoms with Gasteiger partial charge in [-0.3, -0.25) is 9.89 Å². The first-order chi connectivity index (χ1) is 9.04. The fourth-order valence-electron chi connectivity index (χ4n) is 1.76. The zero-order valence-corrected chi connectivity index (χ0v) is 14.8. The van der Waals surface area contributed by atoms with Gasteiger partial charge in [0.1, 0.15) is 5.76 Å². The van der Waals surface area contributed by atoms with Crippen LogP contribution < -0.4 is 11.1 Å². The number of aliphatic imine (C=N–C) groups is 1. The lowest BCUT2D eigenvalue weighted by Crippen LogP contribution is -2.41. The lowest BCUT2D eigenvalue weighted by molar-refractivity contribution is 0.179. The molecule has 1 heterocycles. The molecule has 1 aromatic heterocycles. The molecule has 1 rings (SSSR count). The van der Waals surface area contributed by atoms with Gasteiger partial charge in [-0.1, -0.05) is 0 Å². The molecule has 0 aliphatic carbocycles. The Hall–Kier alpha value is -0.800. The highest BCUT2D eigenvalue weighted by atomic mass is 127. The van der Waals surface area contributed by atoms with Crippen LogP contribution in [0.3, 0.4) is 0 Å². The SMILES string of the molecule is COCC(C)NC(N)=NCC(c1ccco1)N(C)C.I. The molecule has 0 amide bonds. The number of ether oxygens (including phenoxy) is 1. The van der Waals surface area contributed by atoms with Crippen LogP contribution in [0.5, 0.6) is 0 Å². The first-order valence-electron chi connectivity index (χ1n) is 6.29. The second-order valence-corrected chi connectivity index (χ2v) is 4.72. The minimum Gasteiger partial charge on any atom is -0.468 e. The van der Waals surface area contributed by atoms with E-state index in [2.05, 4.69) is 10.3 Å². The molecule has 0 radical (unpaired) electrons. The molecule has 116 valence electrons. The topological polar surface area (TPSA) is 76.0 Å². The van der Waals surface area contributed by atoms with E-state index in [1.807, 2.05) is 38.1 Å². The van der Waals surface area contributed by atoms with Crippen molar-refractivity contribution in [3.05, 3.63) is 24.2 Å². The molecule has 0 spiro atoms. The number of hydrogen-bond acceptors (Lipinski definition) is 4. The highest BCUT2D eigenvalue weighted by Crippen LogP contribution is 2.18. The van der Waals surface area contributed by atoms with Gasteiger partial charge >= 0.3 is 0 Å². The number of hydrogen-bond donors (Lipinski definition) is 2. The van der Waals surface area contributed by atoms with Gasteiger partial charge in [-0.2, -0.15) is 0 Å². The standard InChI is InChI=1S/C13H24N4O2.HI/c1-10(9-18-4)16-13(14)15-8-11(17(2)3)12-6-5-7-19-12;/h5-7,10-11H,8-9H2,1-4H3,(H3,14,15,16);1H. The summed E-state index contributed by atoms with van der Waals surface area (Å²) in [6.07, 6.45) is 1.66. The highest BCUT2D eigenvalue weighted by Gasteiger charge is 2.16. The van der Waals surface area contributed by atoms with Gasteiger partial charge in [0.2, 0.25) is 0 Å². The Morgan fingerprint density at radius 3 is 2.75 bits per heavy atom. The Morgan fingerprint density at radius 1 is 1.55 bits per heavy atom. The summed E-state index contributed by atoms with van der Waals surface area (Å²) in [6, 6.07) is 4.03. The van der Waals surface area contributed by atoms with Crippen molar-refractivity contribution in [3.63, 3.8) is 0 Å². The van der Waals surface area contributed by atoms with Crippen molar-refractivity contribution in [2.45, 2.75) is 19.0 Å². The summed E-state index contributed by atoms with van der Waals surface area (Å²) >= 11 is 0. The Bertz CT molecular complexity index is 382. The molecule has 2 atom stereocenters. The average Bonchev–Trinajstić information content (AvgIpc) is 2.82. The van der Waals surface area contributed by atoms with Gasteiger partial charge in [0.25, 0.3) is 0 Å². The van der Waals surface area contributed by atoms with Gasteiger partial charge in [0.15, 0.2) is 5.96 Å². The monoisotopic (exact) mass is 396 g/mol. The van der Waals surface area contributed by atoms with E-state index in [1.165, 1.54) is 0 Å². The summed E-state index contributed by atoms with van der Waals surface area (Å²) in [6.45, 7) is 3.12. The second kappa shape index (κ2) is 10.0. The van der Waals surface area contributed by atoms with E-state index in [-0.39, 0.29) is 36.1 Å². The summed E-state index contributed by atoms with van der Waals surface area (Å²) in [7, 11) is 5.63. The van der Waals surface area contributed by atoms with Gasteiger partial charge < -0.3 is 20.2 Å². The maximum Gasteiger partial charge on any atom is 0.188 e. The van der Waals surface area contributed by atoms with Crippen molar-refractivity contribution in [1.82, 2.24) is 10.2 Å². The number of methoxy groups -OCH3 is 1. The predicted octanol–water partition coefficient (Wildman–Crippen LogP) is 1.44. The number of guanidine groups is 1. The van der Waals surface area contributed by atoms with E-state index in [0.717, 1.165) is 5.76 Å². The molecular formula is C13H25IN4O2. The van der Waals surface area contributed by atoms with Crippen molar-refractivity contribution in [3.8, 4) is 0 Å². The highest BCUT2D eigenvalue weighted by molar-refractivity contribution is 14.0. The van der Waals surface area contributed by atoms with Gasteiger partial charge in [0.05, 0.1) is 25.5 Å². The first-order valence-corrected chi connectivity index (χ1v) is 6.29. The molecule has 0 aromatic carbocycles.